The number of nitrogens with one attached hydrogen (secondary N) is 1. The average molecular weight is 446 g/mol. The minimum atomic E-state index is -0.584. The van der Waals surface area contributed by atoms with Gasteiger partial charge in [0.1, 0.15) is 10.7 Å². The molecule has 1 aliphatic heterocycles. The third kappa shape index (κ3) is 4.00. The molecule has 0 saturated carbocycles. The first-order valence-electron chi connectivity index (χ1n) is 9.92. The molecule has 0 unspecified atom stereocenters. The smallest absolute Gasteiger partial charge is 0.283 e. The quantitative estimate of drug-likeness (QED) is 0.577. The molecule has 0 saturated heterocycles. The second-order valence-electron chi connectivity index (χ2n) is 7.37. The molecule has 0 bridgehead atoms. The highest BCUT2D eigenvalue weighted by Gasteiger charge is 2.38. The van der Waals surface area contributed by atoms with E-state index in [1.807, 2.05) is 49.4 Å². The van der Waals surface area contributed by atoms with Gasteiger partial charge >= 0.3 is 0 Å². The van der Waals surface area contributed by atoms with Gasteiger partial charge in [-0.05, 0) is 55.5 Å². The van der Waals surface area contributed by atoms with E-state index in [1.54, 1.807) is 48.3 Å². The molecule has 0 fully saturated rings. The molecule has 3 amide bonds. The third-order valence-electron chi connectivity index (χ3n) is 5.17. The Morgan fingerprint density at radius 1 is 0.875 bits per heavy atom. The van der Waals surface area contributed by atoms with Gasteiger partial charge in [-0.3, -0.25) is 14.4 Å². The average Bonchev–Trinajstić information content (AvgIpc) is 3.03. The van der Waals surface area contributed by atoms with E-state index in [0.29, 0.717) is 16.9 Å². The molecular formula is C25H20ClN3O3. The van der Waals surface area contributed by atoms with Crippen LogP contribution >= 0.6 is 11.6 Å². The van der Waals surface area contributed by atoms with Crippen LogP contribution in [0.5, 0.6) is 0 Å². The lowest BCUT2D eigenvalue weighted by Gasteiger charge is -2.17. The second kappa shape index (κ2) is 8.69. The SMILES string of the molecule is Cc1ccc(N2C(=O)C(Cl)=C(Nc3ccc(C(=O)N(C)c4ccccc4)cc3)C2=O)cc1. The third-order valence-corrected chi connectivity index (χ3v) is 5.52. The number of carbonyl (C=O) groups is 3. The van der Waals surface area contributed by atoms with E-state index < -0.39 is 11.8 Å². The van der Waals surface area contributed by atoms with Crippen molar-refractivity contribution < 1.29 is 14.4 Å². The minimum absolute atomic E-state index is 0.00211. The van der Waals surface area contributed by atoms with Crippen LogP contribution in [0.2, 0.25) is 0 Å². The summed E-state index contributed by atoms with van der Waals surface area (Å²) in [5, 5.41) is 2.74. The molecular weight excluding hydrogens is 426 g/mol. The van der Waals surface area contributed by atoms with Gasteiger partial charge in [-0.2, -0.15) is 0 Å². The molecule has 7 heteroatoms. The number of carbonyl (C=O) groups excluding carboxylic acids is 3. The van der Waals surface area contributed by atoms with Crippen LogP contribution in [0.4, 0.5) is 17.1 Å². The molecule has 160 valence electrons. The Morgan fingerprint density at radius 3 is 2.12 bits per heavy atom. The molecule has 0 aliphatic carbocycles. The number of aryl methyl sites for hydroxylation is 1. The zero-order chi connectivity index (χ0) is 22.8. The number of amides is 3. The van der Waals surface area contributed by atoms with E-state index in [2.05, 4.69) is 5.32 Å². The van der Waals surface area contributed by atoms with Crippen molar-refractivity contribution in [2.75, 3.05) is 22.2 Å². The highest BCUT2D eigenvalue weighted by molar-refractivity contribution is 6.53. The molecule has 0 radical (unpaired) electrons. The number of benzene rings is 3. The normalized spacial score (nSPS) is 13.5. The van der Waals surface area contributed by atoms with Crippen LogP contribution in [0.15, 0.2) is 89.6 Å². The standard InChI is InChI=1S/C25H20ClN3O3/c1-16-8-14-20(15-9-16)29-24(31)21(26)22(25(29)32)27-18-12-10-17(11-13-18)23(30)28(2)19-6-4-3-5-7-19/h3-15,27H,1-2H3. The van der Waals surface area contributed by atoms with Gasteiger partial charge in [0.2, 0.25) is 0 Å². The first kappa shape index (κ1) is 21.3. The largest absolute Gasteiger partial charge is 0.350 e. The van der Waals surface area contributed by atoms with Crippen LogP contribution in [0.1, 0.15) is 15.9 Å². The summed E-state index contributed by atoms with van der Waals surface area (Å²) in [4.78, 5) is 40.8. The lowest BCUT2D eigenvalue weighted by Crippen LogP contribution is -2.32. The molecule has 0 atom stereocenters. The van der Waals surface area contributed by atoms with E-state index in [0.717, 1.165) is 16.2 Å². The first-order valence-corrected chi connectivity index (χ1v) is 10.3. The Bertz CT molecular complexity index is 1220. The van der Waals surface area contributed by atoms with Gasteiger partial charge in [0.25, 0.3) is 17.7 Å². The molecule has 0 spiro atoms. The van der Waals surface area contributed by atoms with Gasteiger partial charge in [0, 0.05) is 24.0 Å². The number of anilines is 3. The van der Waals surface area contributed by atoms with Crippen molar-refractivity contribution in [2.24, 2.45) is 0 Å². The topological polar surface area (TPSA) is 69.7 Å². The van der Waals surface area contributed by atoms with Crippen molar-refractivity contribution in [3.63, 3.8) is 0 Å². The Morgan fingerprint density at radius 2 is 1.50 bits per heavy atom. The molecule has 32 heavy (non-hydrogen) atoms. The summed E-state index contributed by atoms with van der Waals surface area (Å²) in [6.07, 6.45) is 0. The van der Waals surface area contributed by atoms with Gasteiger partial charge in [0.05, 0.1) is 5.69 Å². The number of halogens is 1. The summed E-state index contributed by atoms with van der Waals surface area (Å²) in [6, 6.07) is 23.0. The summed E-state index contributed by atoms with van der Waals surface area (Å²) >= 11 is 6.18. The number of nitrogens with zero attached hydrogens (tertiary/aromatic N) is 2. The fourth-order valence-corrected chi connectivity index (χ4v) is 3.56. The minimum Gasteiger partial charge on any atom is -0.350 e. The van der Waals surface area contributed by atoms with Crippen LogP contribution in [-0.2, 0) is 9.59 Å². The van der Waals surface area contributed by atoms with E-state index in [4.69, 9.17) is 11.6 Å². The fourth-order valence-electron chi connectivity index (χ4n) is 3.34. The maximum Gasteiger partial charge on any atom is 0.283 e. The fraction of sp³-hybridized carbons (Fsp3) is 0.0800. The number of hydrogen-bond acceptors (Lipinski definition) is 4. The lowest BCUT2D eigenvalue weighted by atomic mass is 10.1. The Kier molecular flexibility index (Phi) is 5.79. The van der Waals surface area contributed by atoms with Gasteiger partial charge in [0.15, 0.2) is 0 Å². The van der Waals surface area contributed by atoms with Crippen LogP contribution in [0.3, 0.4) is 0 Å². The van der Waals surface area contributed by atoms with E-state index in [9.17, 15) is 14.4 Å². The molecule has 1 heterocycles. The summed E-state index contributed by atoms with van der Waals surface area (Å²) in [7, 11) is 1.71. The van der Waals surface area contributed by atoms with Crippen molar-refractivity contribution in [2.45, 2.75) is 6.92 Å². The van der Waals surface area contributed by atoms with Crippen molar-refractivity contribution in [3.8, 4) is 0 Å². The number of rotatable bonds is 5. The number of para-hydroxylation sites is 1. The van der Waals surface area contributed by atoms with Crippen LogP contribution in [0.25, 0.3) is 0 Å². The molecule has 1 aliphatic rings. The van der Waals surface area contributed by atoms with Gasteiger partial charge in [-0.25, -0.2) is 4.90 Å². The zero-order valence-corrected chi connectivity index (χ0v) is 18.3. The maximum absolute atomic E-state index is 12.9. The molecule has 0 aromatic heterocycles. The number of imide groups is 1. The molecule has 6 nitrogen and oxygen atoms in total. The lowest BCUT2D eigenvalue weighted by molar-refractivity contribution is -0.120. The maximum atomic E-state index is 12.9. The highest BCUT2D eigenvalue weighted by atomic mass is 35.5. The molecule has 1 N–H and O–H groups in total. The Balaban J connectivity index is 1.50. The first-order chi connectivity index (χ1) is 15.4. The van der Waals surface area contributed by atoms with E-state index in [1.165, 1.54) is 0 Å². The summed E-state index contributed by atoms with van der Waals surface area (Å²) in [5.41, 5.74) is 3.25. The van der Waals surface area contributed by atoms with E-state index >= 15 is 0 Å². The van der Waals surface area contributed by atoms with Crippen molar-refractivity contribution in [1.29, 1.82) is 0 Å². The van der Waals surface area contributed by atoms with Crippen LogP contribution in [0, 0.1) is 6.92 Å². The van der Waals surface area contributed by atoms with Gasteiger partial charge in [-0.1, -0.05) is 47.5 Å². The van der Waals surface area contributed by atoms with Crippen molar-refractivity contribution in [1.82, 2.24) is 0 Å². The van der Waals surface area contributed by atoms with Crippen LogP contribution < -0.4 is 15.1 Å². The summed E-state index contributed by atoms with van der Waals surface area (Å²) < 4.78 is 0. The van der Waals surface area contributed by atoms with Crippen molar-refractivity contribution >= 4 is 46.4 Å². The Labute approximate surface area is 190 Å². The highest BCUT2D eigenvalue weighted by Crippen LogP contribution is 2.30. The second-order valence-corrected chi connectivity index (χ2v) is 7.75. The summed E-state index contributed by atoms with van der Waals surface area (Å²) in [6.45, 7) is 1.92. The molecule has 4 rings (SSSR count). The molecule has 3 aromatic rings. The van der Waals surface area contributed by atoms with Gasteiger partial charge < -0.3 is 10.2 Å². The monoisotopic (exact) mass is 445 g/mol. The van der Waals surface area contributed by atoms with Gasteiger partial charge in [-0.15, -0.1) is 0 Å². The number of hydrogen-bond donors (Lipinski definition) is 1. The molecule has 3 aromatic carbocycles. The van der Waals surface area contributed by atoms with Crippen LogP contribution in [-0.4, -0.2) is 24.8 Å². The predicted molar refractivity (Wildman–Crippen MR) is 126 cm³/mol. The van der Waals surface area contributed by atoms with E-state index in [-0.39, 0.29) is 16.6 Å². The predicted octanol–water partition coefficient (Wildman–Crippen LogP) is 4.71. The summed E-state index contributed by atoms with van der Waals surface area (Å²) in [5.74, 6) is -1.29. The Hall–Kier alpha value is -3.90. The zero-order valence-electron chi connectivity index (χ0n) is 17.5. The van der Waals surface area contributed by atoms with Crippen molar-refractivity contribution in [3.05, 3.63) is 101 Å².